The van der Waals surface area contributed by atoms with Gasteiger partial charge in [0.25, 0.3) is 0 Å². The molecule has 12 heavy (non-hydrogen) atoms. The third-order valence-corrected chi connectivity index (χ3v) is 1.78. The van der Waals surface area contributed by atoms with Gasteiger partial charge >= 0.3 is 5.97 Å². The van der Waals surface area contributed by atoms with E-state index < -0.39 is 5.97 Å². The third-order valence-electron chi connectivity index (χ3n) is 1.78. The second-order valence-electron chi connectivity index (χ2n) is 2.58. The van der Waals surface area contributed by atoms with Gasteiger partial charge in [0, 0.05) is 6.21 Å². The lowest BCUT2D eigenvalue weighted by Gasteiger charge is -2.06. The largest absolute Gasteiger partial charge is 0.478 e. The first-order valence-electron chi connectivity index (χ1n) is 3.51. The Bertz CT molecular complexity index is 350. The molecule has 0 aromatic carbocycles. The van der Waals surface area contributed by atoms with E-state index in [4.69, 9.17) is 5.11 Å². The number of aliphatic carboxylic acids is 1. The van der Waals surface area contributed by atoms with Crippen LogP contribution in [0.1, 0.15) is 0 Å². The number of carboxylic acid groups (broad SMARTS) is 1. The molecular weight excluding hydrogens is 156 g/mol. The van der Waals surface area contributed by atoms with E-state index in [2.05, 4.69) is 10.2 Å². The molecule has 0 bridgehead atoms. The summed E-state index contributed by atoms with van der Waals surface area (Å²) in [6.07, 6.45) is 6.57. The van der Waals surface area contributed by atoms with Gasteiger partial charge in [-0.25, -0.2) is 4.79 Å². The first-order valence-corrected chi connectivity index (χ1v) is 3.51. The maximum Gasteiger partial charge on any atom is 0.335 e. The van der Waals surface area contributed by atoms with Crippen molar-refractivity contribution in [2.75, 3.05) is 0 Å². The molecule has 0 aromatic heterocycles. The van der Waals surface area contributed by atoms with Gasteiger partial charge in [0.05, 0.1) is 17.2 Å². The second-order valence-corrected chi connectivity index (χ2v) is 2.58. The van der Waals surface area contributed by atoms with Crippen LogP contribution in [0.5, 0.6) is 0 Å². The van der Waals surface area contributed by atoms with Crippen LogP contribution in [0.4, 0.5) is 0 Å². The number of carboxylic acids is 1. The van der Waals surface area contributed by atoms with Gasteiger partial charge in [0.1, 0.15) is 0 Å². The number of hydrogen-bond donors (Lipinski definition) is 1. The van der Waals surface area contributed by atoms with E-state index >= 15 is 0 Å². The molecule has 0 amide bonds. The maximum atomic E-state index is 10.5. The van der Waals surface area contributed by atoms with Gasteiger partial charge in [-0.3, -0.25) is 0 Å². The Morgan fingerprint density at radius 3 is 3.17 bits per heavy atom. The summed E-state index contributed by atoms with van der Waals surface area (Å²) < 4.78 is 0. The number of hydrogen-bond acceptors (Lipinski definition) is 3. The first-order chi connectivity index (χ1) is 5.77. The second kappa shape index (κ2) is 2.41. The molecule has 2 rings (SSSR count). The van der Waals surface area contributed by atoms with Crippen molar-refractivity contribution in [3.63, 3.8) is 0 Å². The van der Waals surface area contributed by atoms with Crippen LogP contribution in [-0.4, -0.2) is 23.0 Å². The summed E-state index contributed by atoms with van der Waals surface area (Å²) in [4.78, 5) is 10.5. The zero-order valence-corrected chi connectivity index (χ0v) is 6.14. The molecule has 1 aliphatic heterocycles. The molecule has 1 N–H and O–H groups in total. The van der Waals surface area contributed by atoms with E-state index in [-0.39, 0.29) is 11.5 Å². The van der Waals surface area contributed by atoms with E-state index in [9.17, 15) is 4.79 Å². The minimum atomic E-state index is -0.931. The summed E-state index contributed by atoms with van der Waals surface area (Å²) in [6.45, 7) is 0. The van der Waals surface area contributed by atoms with Crippen LogP contribution in [-0.2, 0) is 4.79 Å². The van der Waals surface area contributed by atoms with Gasteiger partial charge in [-0.15, -0.1) is 0 Å². The summed E-state index contributed by atoms with van der Waals surface area (Å²) in [5.74, 6) is -0.854. The molecule has 0 radical (unpaired) electrons. The predicted molar refractivity (Wildman–Crippen MR) is 44.3 cm³/mol. The Labute approximate surface area is 68.6 Å². The van der Waals surface area contributed by atoms with Crippen molar-refractivity contribution in [3.8, 4) is 0 Å². The zero-order valence-electron chi connectivity index (χ0n) is 6.14. The molecule has 0 spiro atoms. The Morgan fingerprint density at radius 2 is 2.42 bits per heavy atom. The van der Waals surface area contributed by atoms with Crippen molar-refractivity contribution in [2.45, 2.75) is 0 Å². The van der Waals surface area contributed by atoms with Gasteiger partial charge in [0.2, 0.25) is 0 Å². The van der Waals surface area contributed by atoms with E-state index in [1.54, 1.807) is 24.4 Å². The van der Waals surface area contributed by atoms with Gasteiger partial charge in [-0.1, -0.05) is 12.2 Å². The summed E-state index contributed by atoms with van der Waals surface area (Å²) in [5, 5.41) is 16.1. The van der Waals surface area contributed by atoms with E-state index in [0.717, 1.165) is 0 Å². The van der Waals surface area contributed by atoms with Crippen LogP contribution in [0, 0.1) is 5.92 Å². The fourth-order valence-electron chi connectivity index (χ4n) is 1.14. The van der Waals surface area contributed by atoms with Crippen LogP contribution in [0.25, 0.3) is 0 Å². The number of carbonyl (C=O) groups is 1. The summed E-state index contributed by atoms with van der Waals surface area (Å²) in [7, 11) is 0. The smallest absolute Gasteiger partial charge is 0.335 e. The molecule has 1 aliphatic carbocycles. The van der Waals surface area contributed by atoms with Crippen molar-refractivity contribution in [2.24, 2.45) is 16.1 Å². The quantitative estimate of drug-likeness (QED) is 0.614. The Kier molecular flexibility index (Phi) is 1.40. The highest BCUT2D eigenvalue weighted by Gasteiger charge is 2.19. The molecule has 0 fully saturated rings. The minimum absolute atomic E-state index is 0.0769. The Morgan fingerprint density at radius 1 is 1.58 bits per heavy atom. The monoisotopic (exact) mass is 162 g/mol. The van der Waals surface area contributed by atoms with Gasteiger partial charge < -0.3 is 5.11 Å². The maximum absolute atomic E-state index is 10.5. The Balaban J connectivity index is 2.34. The van der Waals surface area contributed by atoms with Crippen molar-refractivity contribution < 1.29 is 9.90 Å². The van der Waals surface area contributed by atoms with E-state index in [1.807, 2.05) is 0 Å². The zero-order chi connectivity index (χ0) is 8.55. The predicted octanol–water partition coefficient (Wildman–Crippen LogP) is 0.624. The average Bonchev–Trinajstić information content (AvgIpc) is 2.49. The lowest BCUT2D eigenvalue weighted by Crippen LogP contribution is -2.14. The molecule has 4 nitrogen and oxygen atoms in total. The topological polar surface area (TPSA) is 62.0 Å². The van der Waals surface area contributed by atoms with Crippen LogP contribution in [0.3, 0.4) is 0 Å². The highest BCUT2D eigenvalue weighted by Crippen LogP contribution is 2.16. The summed E-state index contributed by atoms with van der Waals surface area (Å²) in [5.41, 5.74) is 0.963. The highest BCUT2D eigenvalue weighted by atomic mass is 16.4. The van der Waals surface area contributed by atoms with Crippen molar-refractivity contribution in [1.82, 2.24) is 0 Å². The number of fused-ring (bicyclic) bond motifs is 1. The molecule has 0 saturated heterocycles. The molecule has 60 valence electrons. The average molecular weight is 162 g/mol. The standard InChI is InChI=1S/C8H6N2O2/c11-8(12)5-1-2-6-4-9-10-7(6)3-5/h1-4,6H,(H,11,12)/t6-/m1/s1. The molecular formula is C8H6N2O2. The summed E-state index contributed by atoms with van der Waals surface area (Å²) in [6, 6.07) is 0. The van der Waals surface area contributed by atoms with Gasteiger partial charge in [-0.2, -0.15) is 10.2 Å². The number of nitrogens with zero attached hydrogens (tertiary/aromatic N) is 2. The lowest BCUT2D eigenvalue weighted by molar-refractivity contribution is -0.132. The third kappa shape index (κ3) is 0.972. The van der Waals surface area contributed by atoms with Crippen LogP contribution >= 0.6 is 0 Å². The van der Waals surface area contributed by atoms with Gasteiger partial charge in [-0.05, 0) is 6.08 Å². The van der Waals surface area contributed by atoms with E-state index in [1.165, 1.54) is 0 Å². The summed E-state index contributed by atoms with van der Waals surface area (Å²) >= 11 is 0. The number of allylic oxidation sites excluding steroid dienone is 2. The molecule has 1 atom stereocenters. The van der Waals surface area contributed by atoms with Crippen LogP contribution in [0.2, 0.25) is 0 Å². The minimum Gasteiger partial charge on any atom is -0.478 e. The van der Waals surface area contributed by atoms with Crippen LogP contribution < -0.4 is 0 Å². The molecule has 1 heterocycles. The van der Waals surface area contributed by atoms with Crippen molar-refractivity contribution in [3.05, 3.63) is 23.8 Å². The fourth-order valence-corrected chi connectivity index (χ4v) is 1.14. The molecule has 2 aliphatic rings. The lowest BCUT2D eigenvalue weighted by atomic mass is 9.96. The fraction of sp³-hybridized carbons (Fsp3) is 0.125. The highest BCUT2D eigenvalue weighted by molar-refractivity contribution is 6.14. The molecule has 4 heteroatoms. The molecule has 0 saturated carbocycles. The van der Waals surface area contributed by atoms with Gasteiger partial charge in [0.15, 0.2) is 0 Å². The molecule has 0 aromatic rings. The van der Waals surface area contributed by atoms with Crippen molar-refractivity contribution >= 4 is 17.9 Å². The van der Waals surface area contributed by atoms with Crippen LogP contribution in [0.15, 0.2) is 34.0 Å². The van der Waals surface area contributed by atoms with E-state index in [0.29, 0.717) is 5.71 Å². The Hall–Kier alpha value is -1.71. The molecule has 0 unspecified atom stereocenters. The normalized spacial score (nSPS) is 24.8. The first kappa shape index (κ1) is 6.97. The SMILES string of the molecule is O=C(O)C1=CC2=NN=C[C@H]2C=C1. The van der Waals surface area contributed by atoms with Crippen molar-refractivity contribution in [1.29, 1.82) is 0 Å². The number of rotatable bonds is 1.